The fraction of sp³-hybridized carbons (Fsp3) is 0.176. The van der Waals surface area contributed by atoms with Gasteiger partial charge in [0.1, 0.15) is 6.04 Å². The van der Waals surface area contributed by atoms with E-state index >= 15 is 0 Å². The van der Waals surface area contributed by atoms with Crippen molar-refractivity contribution in [1.29, 1.82) is 0 Å². The number of halogens is 4. The van der Waals surface area contributed by atoms with E-state index in [2.05, 4.69) is 21.2 Å². The molecule has 0 saturated carbocycles. The van der Waals surface area contributed by atoms with Crippen LogP contribution in [-0.2, 0) is 17.4 Å². The van der Waals surface area contributed by atoms with Crippen molar-refractivity contribution in [2.75, 3.05) is 0 Å². The summed E-state index contributed by atoms with van der Waals surface area (Å²) in [6.45, 7) is 0. The summed E-state index contributed by atoms with van der Waals surface area (Å²) in [5, 5.41) is 2.29. The van der Waals surface area contributed by atoms with Crippen molar-refractivity contribution in [1.82, 2.24) is 5.32 Å². The maximum Gasteiger partial charge on any atom is 0.417 e. The van der Waals surface area contributed by atoms with Crippen LogP contribution in [0.15, 0.2) is 53.0 Å². The van der Waals surface area contributed by atoms with E-state index in [-0.39, 0.29) is 6.42 Å². The van der Waals surface area contributed by atoms with Crippen molar-refractivity contribution in [2.24, 2.45) is 5.73 Å². The predicted octanol–water partition coefficient (Wildman–Crippen LogP) is 3.29. The van der Waals surface area contributed by atoms with Gasteiger partial charge in [-0.2, -0.15) is 13.2 Å². The van der Waals surface area contributed by atoms with Crippen LogP contribution in [0.5, 0.6) is 0 Å². The molecule has 0 heterocycles. The Kier molecular flexibility index (Phi) is 5.84. The number of carbonyl (C=O) groups excluding carboxylic acids is 2. The zero-order valence-corrected chi connectivity index (χ0v) is 14.4. The van der Waals surface area contributed by atoms with Crippen LogP contribution >= 0.6 is 15.9 Å². The van der Waals surface area contributed by atoms with Gasteiger partial charge in [-0.15, -0.1) is 0 Å². The number of benzene rings is 2. The SMILES string of the molecule is NC(=O)[C@H](Cc1ccccc1Br)NC(=O)c1ccccc1C(F)(F)F. The van der Waals surface area contributed by atoms with Crippen molar-refractivity contribution in [3.8, 4) is 0 Å². The van der Waals surface area contributed by atoms with Crippen LogP contribution < -0.4 is 11.1 Å². The summed E-state index contributed by atoms with van der Waals surface area (Å²) >= 11 is 3.31. The number of alkyl halides is 3. The Hall–Kier alpha value is -2.35. The summed E-state index contributed by atoms with van der Waals surface area (Å²) in [6.07, 6.45) is -4.63. The molecule has 0 unspecified atom stereocenters. The van der Waals surface area contributed by atoms with Crippen molar-refractivity contribution < 1.29 is 22.8 Å². The Bertz CT molecular complexity index is 793. The molecular weight excluding hydrogens is 401 g/mol. The third kappa shape index (κ3) is 4.82. The molecule has 2 aromatic carbocycles. The molecule has 4 nitrogen and oxygen atoms in total. The first-order valence-electron chi connectivity index (χ1n) is 7.20. The molecule has 0 bridgehead atoms. The maximum absolute atomic E-state index is 13.0. The zero-order chi connectivity index (χ0) is 18.6. The van der Waals surface area contributed by atoms with Crippen molar-refractivity contribution >= 4 is 27.7 Å². The molecule has 2 amide bonds. The van der Waals surface area contributed by atoms with Crippen LogP contribution in [0.1, 0.15) is 21.5 Å². The number of primary amides is 1. The fourth-order valence-electron chi connectivity index (χ4n) is 2.27. The first-order valence-corrected chi connectivity index (χ1v) is 7.99. The number of hydrogen-bond donors (Lipinski definition) is 2. The molecule has 2 rings (SSSR count). The van der Waals surface area contributed by atoms with Crippen molar-refractivity contribution in [2.45, 2.75) is 18.6 Å². The van der Waals surface area contributed by atoms with Gasteiger partial charge in [0.05, 0.1) is 11.1 Å². The molecule has 2 aromatic rings. The highest BCUT2D eigenvalue weighted by molar-refractivity contribution is 9.10. The summed E-state index contributed by atoms with van der Waals surface area (Å²) in [6, 6.07) is 10.2. The van der Waals surface area contributed by atoms with Crippen LogP contribution in [0.25, 0.3) is 0 Å². The van der Waals surface area contributed by atoms with Gasteiger partial charge in [0.25, 0.3) is 5.91 Å². The molecule has 8 heteroatoms. The highest BCUT2D eigenvalue weighted by Crippen LogP contribution is 2.31. The highest BCUT2D eigenvalue weighted by atomic mass is 79.9. The number of nitrogens with one attached hydrogen (secondary N) is 1. The zero-order valence-electron chi connectivity index (χ0n) is 12.8. The standard InChI is InChI=1S/C17H14BrF3N2O2/c18-13-8-4-1-5-10(13)9-14(15(22)24)23-16(25)11-6-2-3-7-12(11)17(19,20)21/h1-8,14H,9H2,(H2,22,24)(H,23,25)/t14-/m0/s1. The van der Waals surface area contributed by atoms with Crippen molar-refractivity contribution in [3.63, 3.8) is 0 Å². The smallest absolute Gasteiger partial charge is 0.368 e. The number of rotatable bonds is 5. The lowest BCUT2D eigenvalue weighted by molar-refractivity contribution is -0.137. The number of carbonyl (C=O) groups is 2. The van der Waals surface area contributed by atoms with Gasteiger partial charge in [-0.25, -0.2) is 0 Å². The van der Waals surface area contributed by atoms with Crippen LogP contribution in [0, 0.1) is 0 Å². The van der Waals surface area contributed by atoms with Gasteiger partial charge < -0.3 is 11.1 Å². The molecule has 0 aliphatic rings. The minimum Gasteiger partial charge on any atom is -0.368 e. The fourth-order valence-corrected chi connectivity index (χ4v) is 2.72. The summed E-state index contributed by atoms with van der Waals surface area (Å²) in [4.78, 5) is 23.9. The third-order valence-corrected chi connectivity index (χ3v) is 4.28. The van der Waals surface area contributed by atoms with E-state index in [4.69, 9.17) is 5.73 Å². The topological polar surface area (TPSA) is 72.2 Å². The largest absolute Gasteiger partial charge is 0.417 e. The molecule has 3 N–H and O–H groups in total. The molecular formula is C17H14BrF3N2O2. The number of amides is 2. The second-order valence-corrected chi connectivity index (χ2v) is 6.12. The van der Waals surface area contributed by atoms with Gasteiger partial charge in [-0.05, 0) is 23.8 Å². The van der Waals surface area contributed by atoms with E-state index in [1.165, 1.54) is 12.1 Å². The quantitative estimate of drug-likeness (QED) is 0.787. The average Bonchev–Trinajstić information content (AvgIpc) is 2.55. The summed E-state index contributed by atoms with van der Waals surface area (Å²) in [5.74, 6) is -1.85. The molecule has 132 valence electrons. The molecule has 1 atom stereocenters. The molecule has 0 spiro atoms. The normalized spacial score (nSPS) is 12.5. The highest BCUT2D eigenvalue weighted by Gasteiger charge is 2.35. The summed E-state index contributed by atoms with van der Waals surface area (Å²) in [5.41, 5.74) is 4.35. The Morgan fingerprint density at radius 2 is 1.68 bits per heavy atom. The van der Waals surface area contributed by atoms with E-state index in [1.807, 2.05) is 0 Å². The van der Waals surface area contributed by atoms with Crippen LogP contribution in [0.2, 0.25) is 0 Å². The first-order chi connectivity index (χ1) is 11.7. The maximum atomic E-state index is 13.0. The molecule has 0 radical (unpaired) electrons. The molecule has 0 aromatic heterocycles. The Labute approximate surface area is 150 Å². The molecule has 0 aliphatic heterocycles. The molecule has 25 heavy (non-hydrogen) atoms. The number of hydrogen-bond acceptors (Lipinski definition) is 2. The average molecular weight is 415 g/mol. The van der Waals surface area contributed by atoms with Crippen LogP contribution in [0.4, 0.5) is 13.2 Å². The molecule has 0 fully saturated rings. The van der Waals surface area contributed by atoms with Crippen molar-refractivity contribution in [3.05, 3.63) is 69.7 Å². The first kappa shape index (κ1) is 19.0. The van der Waals surface area contributed by atoms with Gasteiger partial charge in [0.15, 0.2) is 0 Å². The lowest BCUT2D eigenvalue weighted by Crippen LogP contribution is -2.46. The lowest BCUT2D eigenvalue weighted by Gasteiger charge is -2.18. The lowest BCUT2D eigenvalue weighted by atomic mass is 10.0. The Morgan fingerprint density at radius 1 is 1.08 bits per heavy atom. The summed E-state index contributed by atoms with van der Waals surface area (Å²) < 4.78 is 39.8. The monoisotopic (exact) mass is 414 g/mol. The molecule has 0 aliphatic carbocycles. The molecule has 0 saturated heterocycles. The van der Waals surface area contributed by atoms with E-state index < -0.39 is 35.2 Å². The van der Waals surface area contributed by atoms with Crippen LogP contribution in [-0.4, -0.2) is 17.9 Å². The van der Waals surface area contributed by atoms with Gasteiger partial charge in [-0.1, -0.05) is 46.3 Å². The van der Waals surface area contributed by atoms with Gasteiger partial charge in [-0.3, -0.25) is 9.59 Å². The van der Waals surface area contributed by atoms with E-state index in [9.17, 15) is 22.8 Å². The number of nitrogens with two attached hydrogens (primary N) is 1. The van der Waals surface area contributed by atoms with Crippen LogP contribution in [0.3, 0.4) is 0 Å². The van der Waals surface area contributed by atoms with Gasteiger partial charge in [0, 0.05) is 10.9 Å². The Morgan fingerprint density at radius 3 is 2.28 bits per heavy atom. The van der Waals surface area contributed by atoms with Gasteiger partial charge in [0.2, 0.25) is 5.91 Å². The summed E-state index contributed by atoms with van der Waals surface area (Å²) in [7, 11) is 0. The van der Waals surface area contributed by atoms with E-state index in [1.54, 1.807) is 24.3 Å². The second kappa shape index (κ2) is 7.69. The Balaban J connectivity index is 2.25. The minimum absolute atomic E-state index is 0.0523. The second-order valence-electron chi connectivity index (χ2n) is 5.27. The van der Waals surface area contributed by atoms with Gasteiger partial charge >= 0.3 is 6.18 Å². The predicted molar refractivity (Wildman–Crippen MR) is 89.7 cm³/mol. The van der Waals surface area contributed by atoms with E-state index in [0.717, 1.165) is 12.1 Å². The third-order valence-electron chi connectivity index (χ3n) is 3.51. The minimum atomic E-state index is -4.68. The van der Waals surface area contributed by atoms with E-state index in [0.29, 0.717) is 10.0 Å².